The molecule has 2 aliphatic rings. The highest BCUT2D eigenvalue weighted by Gasteiger charge is 2.38. The zero-order valence-corrected chi connectivity index (χ0v) is 20.5. The average Bonchev–Trinajstić information content (AvgIpc) is 3.19. The first kappa shape index (κ1) is 25.2. The molecule has 0 radical (unpaired) electrons. The highest BCUT2D eigenvalue weighted by molar-refractivity contribution is 5.80. The number of benzene rings is 1. The van der Waals surface area contributed by atoms with Crippen molar-refractivity contribution in [1.29, 1.82) is 0 Å². The Morgan fingerprint density at radius 1 is 1.14 bits per heavy atom. The van der Waals surface area contributed by atoms with Crippen LogP contribution in [0, 0.1) is 22.9 Å². The summed E-state index contributed by atoms with van der Waals surface area (Å²) in [5.74, 6) is -3.08. The maximum absolute atomic E-state index is 14.5. The van der Waals surface area contributed by atoms with Gasteiger partial charge < -0.3 is 21.5 Å². The molecule has 2 fully saturated rings. The van der Waals surface area contributed by atoms with Gasteiger partial charge in [0.15, 0.2) is 17.3 Å². The molecular weight excluding hydrogens is 487 g/mol. The van der Waals surface area contributed by atoms with Crippen molar-refractivity contribution < 1.29 is 23.1 Å². The SMILES string of the molecule is C[C@]1(C(N)=O)CC[C@@H](n2c(Nc3c(F)cc(F)cc3F)nc3cnc(N[C@@H]4CCC[C@H](O)C4)nc32)CC1. The first-order valence-corrected chi connectivity index (χ1v) is 12.5. The molecule has 2 saturated carbocycles. The van der Waals surface area contributed by atoms with Crippen LogP contribution < -0.4 is 16.4 Å². The summed E-state index contributed by atoms with van der Waals surface area (Å²) in [6.07, 6.45) is 6.46. The first-order chi connectivity index (χ1) is 17.6. The number of carbonyl (C=O) groups excluding carboxylic acids is 1. The van der Waals surface area contributed by atoms with Gasteiger partial charge in [-0.15, -0.1) is 0 Å². The molecule has 12 heteroatoms. The van der Waals surface area contributed by atoms with E-state index in [-0.39, 0.29) is 30.0 Å². The van der Waals surface area contributed by atoms with Crippen LogP contribution in [-0.4, -0.2) is 42.7 Å². The Balaban J connectivity index is 1.52. The van der Waals surface area contributed by atoms with Crippen LogP contribution in [-0.2, 0) is 4.79 Å². The lowest BCUT2D eigenvalue weighted by Crippen LogP contribution is -2.38. The number of primary amides is 1. The summed E-state index contributed by atoms with van der Waals surface area (Å²) in [6.45, 7) is 1.84. The Hall–Kier alpha value is -3.41. The standard InChI is InChI=1S/C25H30F3N7O2/c1-25(22(29)37)7-5-15(6-8-25)35-21-19(12-30-23(34-21)31-14-3-2-4-16(36)11-14)32-24(35)33-20-17(27)9-13(26)10-18(20)28/h9-10,12,14-16,36H,2-8,11H2,1H3,(H2,29,37)(H,32,33)(H,30,31,34)/t14-,15-,16+,25+/m1/s1. The van der Waals surface area contributed by atoms with Crippen LogP contribution in [0.1, 0.15) is 64.3 Å². The summed E-state index contributed by atoms with van der Waals surface area (Å²) < 4.78 is 44.2. The van der Waals surface area contributed by atoms with Gasteiger partial charge in [0.1, 0.15) is 17.0 Å². The Morgan fingerprint density at radius 3 is 2.49 bits per heavy atom. The summed E-state index contributed by atoms with van der Waals surface area (Å²) in [4.78, 5) is 25.5. The Labute approximate surface area is 211 Å². The second kappa shape index (κ2) is 9.81. The van der Waals surface area contributed by atoms with Gasteiger partial charge in [0.25, 0.3) is 0 Å². The number of imidazole rings is 1. The largest absolute Gasteiger partial charge is 0.393 e. The summed E-state index contributed by atoms with van der Waals surface area (Å²) in [7, 11) is 0. The highest BCUT2D eigenvalue weighted by Crippen LogP contribution is 2.43. The highest BCUT2D eigenvalue weighted by atomic mass is 19.1. The van der Waals surface area contributed by atoms with Gasteiger partial charge in [-0.2, -0.15) is 4.98 Å². The molecule has 37 heavy (non-hydrogen) atoms. The molecule has 198 valence electrons. The predicted octanol–water partition coefficient (Wildman–Crippen LogP) is 4.31. The van der Waals surface area contributed by atoms with E-state index >= 15 is 0 Å². The molecule has 3 aromatic rings. The lowest BCUT2D eigenvalue weighted by molar-refractivity contribution is -0.128. The van der Waals surface area contributed by atoms with E-state index in [1.165, 1.54) is 6.20 Å². The monoisotopic (exact) mass is 517 g/mol. The third-order valence-electron chi connectivity index (χ3n) is 7.67. The van der Waals surface area contributed by atoms with E-state index in [4.69, 9.17) is 5.73 Å². The van der Waals surface area contributed by atoms with Crippen molar-refractivity contribution in [2.45, 2.75) is 76.5 Å². The van der Waals surface area contributed by atoms with Crippen LogP contribution in [0.5, 0.6) is 0 Å². The summed E-state index contributed by atoms with van der Waals surface area (Å²) in [5, 5.41) is 16.0. The van der Waals surface area contributed by atoms with E-state index in [2.05, 4.69) is 25.6 Å². The van der Waals surface area contributed by atoms with Crippen LogP contribution in [0.4, 0.5) is 30.8 Å². The number of aliphatic hydroxyl groups is 1. The number of nitrogens with one attached hydrogen (secondary N) is 2. The molecule has 2 aromatic heterocycles. The van der Waals surface area contributed by atoms with Crippen molar-refractivity contribution in [2.75, 3.05) is 10.6 Å². The molecule has 0 unspecified atom stereocenters. The van der Waals surface area contributed by atoms with Gasteiger partial charge in [-0.05, 0) is 51.4 Å². The van der Waals surface area contributed by atoms with Gasteiger partial charge in [0, 0.05) is 29.6 Å². The summed E-state index contributed by atoms with van der Waals surface area (Å²) >= 11 is 0. The average molecular weight is 518 g/mol. The lowest BCUT2D eigenvalue weighted by Gasteiger charge is -2.35. The minimum absolute atomic E-state index is 0.0172. The molecule has 1 aromatic carbocycles. The maximum Gasteiger partial charge on any atom is 0.224 e. The molecule has 0 aliphatic heterocycles. The van der Waals surface area contributed by atoms with E-state index < -0.39 is 28.6 Å². The molecule has 2 heterocycles. The molecule has 5 rings (SSSR count). The number of anilines is 3. The molecule has 0 saturated heterocycles. The van der Waals surface area contributed by atoms with Crippen LogP contribution in [0.25, 0.3) is 11.2 Å². The second-order valence-corrected chi connectivity index (χ2v) is 10.4. The minimum Gasteiger partial charge on any atom is -0.393 e. The first-order valence-electron chi connectivity index (χ1n) is 12.5. The van der Waals surface area contributed by atoms with Gasteiger partial charge in [0.05, 0.1) is 12.3 Å². The molecule has 0 spiro atoms. The van der Waals surface area contributed by atoms with Gasteiger partial charge in [-0.25, -0.2) is 23.1 Å². The number of nitrogens with zero attached hydrogens (tertiary/aromatic N) is 4. The topological polar surface area (TPSA) is 131 Å². The number of hydrogen-bond acceptors (Lipinski definition) is 7. The Kier molecular flexibility index (Phi) is 6.69. The molecule has 2 aliphatic carbocycles. The maximum atomic E-state index is 14.5. The normalized spacial score (nSPS) is 26.2. The van der Waals surface area contributed by atoms with Crippen molar-refractivity contribution in [3.63, 3.8) is 0 Å². The van der Waals surface area contributed by atoms with Gasteiger partial charge >= 0.3 is 0 Å². The zero-order chi connectivity index (χ0) is 26.3. The van der Waals surface area contributed by atoms with Crippen molar-refractivity contribution >= 4 is 34.7 Å². The lowest BCUT2D eigenvalue weighted by atomic mass is 9.73. The fraction of sp³-hybridized carbons (Fsp3) is 0.520. The summed E-state index contributed by atoms with van der Waals surface area (Å²) in [6, 6.07) is 1.02. The second-order valence-electron chi connectivity index (χ2n) is 10.4. The number of aliphatic hydroxyl groups excluding tert-OH is 1. The number of carbonyl (C=O) groups is 1. The van der Waals surface area contributed by atoms with Crippen LogP contribution in [0.2, 0.25) is 0 Å². The van der Waals surface area contributed by atoms with Crippen LogP contribution >= 0.6 is 0 Å². The molecule has 2 atom stereocenters. The molecule has 9 nitrogen and oxygen atoms in total. The number of rotatable bonds is 6. The predicted molar refractivity (Wildman–Crippen MR) is 132 cm³/mol. The van der Waals surface area contributed by atoms with Crippen molar-refractivity contribution in [1.82, 2.24) is 19.5 Å². The van der Waals surface area contributed by atoms with E-state index in [0.29, 0.717) is 61.3 Å². The molecule has 0 bridgehead atoms. The Morgan fingerprint density at radius 2 is 1.84 bits per heavy atom. The fourth-order valence-corrected chi connectivity index (χ4v) is 5.39. The minimum atomic E-state index is -1.09. The smallest absolute Gasteiger partial charge is 0.224 e. The molecule has 5 N–H and O–H groups in total. The fourth-order valence-electron chi connectivity index (χ4n) is 5.39. The van der Waals surface area contributed by atoms with Crippen molar-refractivity contribution in [3.05, 3.63) is 35.8 Å². The number of aromatic nitrogens is 4. The van der Waals surface area contributed by atoms with Gasteiger partial charge in [-0.3, -0.25) is 9.36 Å². The third-order valence-corrected chi connectivity index (χ3v) is 7.67. The van der Waals surface area contributed by atoms with Crippen molar-refractivity contribution in [2.24, 2.45) is 11.1 Å². The number of amides is 1. The summed E-state index contributed by atoms with van der Waals surface area (Å²) in [5.41, 5.74) is 5.31. The number of halogens is 3. The molecular formula is C25H30F3N7O2. The van der Waals surface area contributed by atoms with Crippen LogP contribution in [0.3, 0.4) is 0 Å². The van der Waals surface area contributed by atoms with Crippen LogP contribution in [0.15, 0.2) is 18.3 Å². The van der Waals surface area contributed by atoms with E-state index in [1.54, 1.807) is 4.57 Å². The molecule has 1 amide bonds. The van der Waals surface area contributed by atoms with E-state index in [9.17, 15) is 23.1 Å². The van der Waals surface area contributed by atoms with Gasteiger partial charge in [-0.1, -0.05) is 6.92 Å². The zero-order valence-electron chi connectivity index (χ0n) is 20.5. The van der Waals surface area contributed by atoms with Crippen molar-refractivity contribution in [3.8, 4) is 0 Å². The van der Waals surface area contributed by atoms with E-state index in [1.807, 2.05) is 6.92 Å². The third kappa shape index (κ3) is 5.07. The number of fused-ring (bicyclic) bond motifs is 1. The van der Waals surface area contributed by atoms with Gasteiger partial charge in [0.2, 0.25) is 17.8 Å². The quantitative estimate of drug-likeness (QED) is 0.383. The van der Waals surface area contributed by atoms with E-state index in [0.717, 1.165) is 19.3 Å². The Bertz CT molecular complexity index is 1300. The number of hydrogen-bond donors (Lipinski definition) is 4. The number of nitrogens with two attached hydrogens (primary N) is 1.